The van der Waals surface area contributed by atoms with Crippen LogP contribution in [0.2, 0.25) is 0 Å². The molecule has 2 fully saturated rings. The van der Waals surface area contributed by atoms with Crippen molar-refractivity contribution in [1.29, 1.82) is 0 Å². The van der Waals surface area contributed by atoms with Crippen LogP contribution in [-0.2, 0) is 0 Å². The first-order chi connectivity index (χ1) is 12.1. The summed E-state index contributed by atoms with van der Waals surface area (Å²) in [5.41, 5.74) is 1.17. The Balaban J connectivity index is 1.46. The second-order valence-electron chi connectivity index (χ2n) is 6.70. The fourth-order valence-corrected chi connectivity index (χ4v) is 3.74. The smallest absolute Gasteiger partial charge is 0.254 e. The summed E-state index contributed by atoms with van der Waals surface area (Å²) in [7, 11) is 0. The number of hydrogen-bond acceptors (Lipinski definition) is 2. The van der Waals surface area contributed by atoms with E-state index in [4.69, 9.17) is 0 Å². The number of benzene rings is 2. The first kappa shape index (κ1) is 15.8. The monoisotopic (exact) mass is 338 g/mol. The average Bonchev–Trinajstić information content (AvgIpc) is 2.63. The summed E-state index contributed by atoms with van der Waals surface area (Å²) in [6.07, 6.45) is 0.899. The first-order valence-electron chi connectivity index (χ1n) is 8.54. The van der Waals surface area contributed by atoms with Gasteiger partial charge in [-0.25, -0.2) is 4.39 Å². The zero-order valence-corrected chi connectivity index (χ0v) is 13.8. The number of likely N-dealkylation sites (tertiary alicyclic amines) is 2. The number of nitrogens with zero attached hydrogens (tertiary/aromatic N) is 2. The Morgan fingerprint density at radius 1 is 0.880 bits per heavy atom. The van der Waals surface area contributed by atoms with Gasteiger partial charge >= 0.3 is 0 Å². The number of piperidine rings is 1. The maximum Gasteiger partial charge on any atom is 0.254 e. The molecule has 5 heteroatoms. The third kappa shape index (κ3) is 2.90. The average molecular weight is 338 g/mol. The van der Waals surface area contributed by atoms with E-state index in [0.29, 0.717) is 30.1 Å². The fraction of sp³-hybridized carbons (Fsp3) is 0.300. The van der Waals surface area contributed by atoms with E-state index in [-0.39, 0.29) is 23.7 Å². The van der Waals surface area contributed by atoms with Gasteiger partial charge in [-0.1, -0.05) is 18.2 Å². The van der Waals surface area contributed by atoms with E-state index in [2.05, 4.69) is 0 Å². The molecule has 0 spiro atoms. The molecule has 0 radical (unpaired) electrons. The minimum Gasteiger partial charge on any atom is -0.337 e. The second kappa shape index (κ2) is 6.31. The van der Waals surface area contributed by atoms with Crippen molar-refractivity contribution in [3.8, 4) is 0 Å². The molecular weight excluding hydrogens is 319 g/mol. The van der Waals surface area contributed by atoms with Crippen molar-refractivity contribution in [1.82, 2.24) is 9.80 Å². The van der Waals surface area contributed by atoms with Gasteiger partial charge < -0.3 is 9.80 Å². The summed E-state index contributed by atoms with van der Waals surface area (Å²) >= 11 is 0. The third-order valence-corrected chi connectivity index (χ3v) is 5.21. The zero-order chi connectivity index (χ0) is 17.4. The molecule has 2 amide bonds. The molecule has 2 saturated heterocycles. The molecule has 2 aliphatic heterocycles. The minimum atomic E-state index is -0.353. The fourth-order valence-electron chi connectivity index (χ4n) is 3.74. The number of amides is 2. The second-order valence-corrected chi connectivity index (χ2v) is 6.70. The highest BCUT2D eigenvalue weighted by Crippen LogP contribution is 2.34. The van der Waals surface area contributed by atoms with Crippen LogP contribution >= 0.6 is 0 Å². The van der Waals surface area contributed by atoms with Crippen LogP contribution in [-0.4, -0.2) is 47.3 Å². The Hall–Kier alpha value is -2.69. The summed E-state index contributed by atoms with van der Waals surface area (Å²) in [6, 6.07) is 14.9. The number of fused-ring (bicyclic) bond motifs is 1. The minimum absolute atomic E-state index is 0.0259. The lowest BCUT2D eigenvalue weighted by atomic mass is 9.81. The molecule has 128 valence electrons. The van der Waals surface area contributed by atoms with Crippen LogP contribution in [0.25, 0.3) is 0 Å². The maximum atomic E-state index is 13.0. The highest BCUT2D eigenvalue weighted by atomic mass is 19.1. The van der Waals surface area contributed by atoms with Crippen LogP contribution in [0.1, 0.15) is 27.1 Å². The van der Waals surface area contributed by atoms with Crippen molar-refractivity contribution in [3.05, 3.63) is 71.5 Å². The van der Waals surface area contributed by atoms with Gasteiger partial charge in [-0.2, -0.15) is 0 Å². The van der Waals surface area contributed by atoms with Gasteiger partial charge in [0, 0.05) is 36.7 Å². The van der Waals surface area contributed by atoms with Gasteiger partial charge in [-0.15, -0.1) is 0 Å². The molecule has 2 aromatic carbocycles. The SMILES string of the molecule is O=C(c1ccc(F)cc1)N1CC[C@@H]2CN(C(=O)c3ccccc3)[C@@H]2C1. The lowest BCUT2D eigenvalue weighted by Crippen LogP contribution is -2.66. The lowest BCUT2D eigenvalue weighted by Gasteiger charge is -2.53. The van der Waals surface area contributed by atoms with Crippen molar-refractivity contribution in [2.24, 2.45) is 5.92 Å². The Kier molecular flexibility index (Phi) is 3.99. The Labute approximate surface area is 145 Å². The van der Waals surface area contributed by atoms with Crippen LogP contribution in [0.5, 0.6) is 0 Å². The normalized spacial score (nSPS) is 22.1. The largest absolute Gasteiger partial charge is 0.337 e. The van der Waals surface area contributed by atoms with E-state index >= 15 is 0 Å². The molecule has 2 heterocycles. The molecule has 0 saturated carbocycles. The Bertz CT molecular complexity index is 791. The Morgan fingerprint density at radius 3 is 2.28 bits per heavy atom. The summed E-state index contributed by atoms with van der Waals surface area (Å²) in [6.45, 7) is 1.99. The maximum absolute atomic E-state index is 13.0. The highest BCUT2D eigenvalue weighted by molar-refractivity contribution is 5.96. The summed E-state index contributed by atoms with van der Waals surface area (Å²) in [5.74, 6) is 0.0363. The van der Waals surface area contributed by atoms with Crippen molar-refractivity contribution in [3.63, 3.8) is 0 Å². The van der Waals surface area contributed by atoms with E-state index in [9.17, 15) is 14.0 Å². The van der Waals surface area contributed by atoms with Gasteiger partial charge in [-0.05, 0) is 42.8 Å². The molecule has 4 rings (SSSR count). The molecule has 0 unspecified atom stereocenters. The summed E-state index contributed by atoms with van der Waals surface area (Å²) in [5, 5.41) is 0. The van der Waals surface area contributed by atoms with Gasteiger partial charge in [0.05, 0.1) is 6.04 Å². The molecule has 0 bridgehead atoms. The molecule has 2 aromatic rings. The first-order valence-corrected chi connectivity index (χ1v) is 8.54. The summed E-state index contributed by atoms with van der Waals surface area (Å²) in [4.78, 5) is 28.9. The molecule has 0 N–H and O–H groups in total. The van der Waals surface area contributed by atoms with Crippen molar-refractivity contribution in [2.75, 3.05) is 19.6 Å². The molecule has 0 aliphatic carbocycles. The number of rotatable bonds is 2. The number of carbonyl (C=O) groups excluding carboxylic acids is 2. The highest BCUT2D eigenvalue weighted by Gasteiger charge is 2.45. The number of carbonyl (C=O) groups is 2. The molecule has 2 atom stereocenters. The van der Waals surface area contributed by atoms with Gasteiger partial charge in [0.25, 0.3) is 11.8 Å². The van der Waals surface area contributed by atoms with Crippen LogP contribution < -0.4 is 0 Å². The predicted molar refractivity (Wildman–Crippen MR) is 91.7 cm³/mol. The van der Waals surface area contributed by atoms with Crippen LogP contribution in [0.15, 0.2) is 54.6 Å². The molecule has 2 aliphatic rings. The quantitative estimate of drug-likeness (QED) is 0.845. The molecule has 0 aromatic heterocycles. The van der Waals surface area contributed by atoms with E-state index in [1.54, 1.807) is 4.90 Å². The topological polar surface area (TPSA) is 40.6 Å². The number of halogens is 1. The molecule has 4 nitrogen and oxygen atoms in total. The zero-order valence-electron chi connectivity index (χ0n) is 13.8. The Morgan fingerprint density at radius 2 is 1.56 bits per heavy atom. The summed E-state index contributed by atoms with van der Waals surface area (Å²) < 4.78 is 13.0. The van der Waals surface area contributed by atoms with E-state index in [0.717, 1.165) is 13.0 Å². The van der Waals surface area contributed by atoms with E-state index in [1.165, 1.54) is 24.3 Å². The van der Waals surface area contributed by atoms with Gasteiger partial charge in [0.2, 0.25) is 0 Å². The molecular formula is C20H19FN2O2. The molecule has 25 heavy (non-hydrogen) atoms. The van der Waals surface area contributed by atoms with Crippen LogP contribution in [0, 0.1) is 11.7 Å². The van der Waals surface area contributed by atoms with Crippen LogP contribution in [0.4, 0.5) is 4.39 Å². The standard InChI is InChI=1S/C20H19FN2O2/c21-17-8-6-15(7-9-17)19(24)22-11-10-16-12-23(18(16)13-22)20(25)14-4-2-1-3-5-14/h1-9,16,18H,10-13H2/t16-,18-/m1/s1. The lowest BCUT2D eigenvalue weighted by molar-refractivity contribution is -0.0235. The van der Waals surface area contributed by atoms with Crippen molar-refractivity contribution >= 4 is 11.8 Å². The van der Waals surface area contributed by atoms with Crippen molar-refractivity contribution < 1.29 is 14.0 Å². The third-order valence-electron chi connectivity index (χ3n) is 5.21. The van der Waals surface area contributed by atoms with E-state index in [1.807, 2.05) is 35.2 Å². The van der Waals surface area contributed by atoms with Crippen molar-refractivity contribution in [2.45, 2.75) is 12.5 Å². The predicted octanol–water partition coefficient (Wildman–Crippen LogP) is 2.81. The van der Waals surface area contributed by atoms with Gasteiger partial charge in [0.15, 0.2) is 0 Å². The van der Waals surface area contributed by atoms with Gasteiger partial charge in [0.1, 0.15) is 5.82 Å². The number of hydrogen-bond donors (Lipinski definition) is 0. The van der Waals surface area contributed by atoms with Crippen LogP contribution in [0.3, 0.4) is 0 Å². The van der Waals surface area contributed by atoms with Gasteiger partial charge in [-0.3, -0.25) is 9.59 Å². The van der Waals surface area contributed by atoms with E-state index < -0.39 is 0 Å².